The zero-order valence-corrected chi connectivity index (χ0v) is 9.90. The molecular formula is C10H22O2S. The number of hydrogen-bond acceptors (Lipinski definition) is 3. The fourth-order valence-corrected chi connectivity index (χ4v) is 2.06. The first kappa shape index (κ1) is 13.3. The van der Waals surface area contributed by atoms with Crippen LogP contribution in [0.25, 0.3) is 0 Å². The Labute approximate surface area is 85.7 Å². The molecule has 2 unspecified atom stereocenters. The third-order valence-electron chi connectivity index (χ3n) is 2.35. The van der Waals surface area contributed by atoms with Crippen LogP contribution in [0, 0.1) is 11.8 Å². The van der Waals surface area contributed by atoms with Gasteiger partial charge < -0.3 is 10.2 Å². The SMILES string of the molecule is CC(CO)CSCC(C)(O)C(C)C. The van der Waals surface area contributed by atoms with Crippen LogP contribution in [0.1, 0.15) is 27.7 Å². The van der Waals surface area contributed by atoms with Crippen molar-refractivity contribution >= 4 is 11.8 Å². The fraction of sp³-hybridized carbons (Fsp3) is 1.00. The summed E-state index contributed by atoms with van der Waals surface area (Å²) < 4.78 is 0. The quantitative estimate of drug-likeness (QED) is 0.695. The minimum Gasteiger partial charge on any atom is -0.396 e. The van der Waals surface area contributed by atoms with Crippen molar-refractivity contribution in [3.05, 3.63) is 0 Å². The van der Waals surface area contributed by atoms with Crippen LogP contribution < -0.4 is 0 Å². The first-order chi connectivity index (χ1) is 5.90. The van der Waals surface area contributed by atoms with E-state index in [1.54, 1.807) is 11.8 Å². The van der Waals surface area contributed by atoms with Gasteiger partial charge in [-0.2, -0.15) is 11.8 Å². The molecule has 2 N–H and O–H groups in total. The van der Waals surface area contributed by atoms with E-state index < -0.39 is 5.60 Å². The Morgan fingerprint density at radius 3 is 2.23 bits per heavy atom. The molecule has 13 heavy (non-hydrogen) atoms. The fourth-order valence-electron chi connectivity index (χ4n) is 0.686. The maximum atomic E-state index is 9.89. The number of aliphatic hydroxyl groups is 2. The number of rotatable bonds is 6. The molecule has 2 atom stereocenters. The largest absolute Gasteiger partial charge is 0.396 e. The van der Waals surface area contributed by atoms with Gasteiger partial charge in [-0.3, -0.25) is 0 Å². The molecule has 0 saturated carbocycles. The normalized spacial score (nSPS) is 18.7. The highest BCUT2D eigenvalue weighted by Crippen LogP contribution is 2.22. The van der Waals surface area contributed by atoms with Crippen molar-refractivity contribution in [2.24, 2.45) is 11.8 Å². The van der Waals surface area contributed by atoms with E-state index in [2.05, 4.69) is 0 Å². The van der Waals surface area contributed by atoms with Crippen LogP contribution in [0.15, 0.2) is 0 Å². The zero-order valence-electron chi connectivity index (χ0n) is 9.08. The third-order valence-corrected chi connectivity index (χ3v) is 3.95. The van der Waals surface area contributed by atoms with Crippen molar-refractivity contribution in [1.82, 2.24) is 0 Å². The minimum atomic E-state index is -0.583. The van der Waals surface area contributed by atoms with E-state index in [9.17, 15) is 5.11 Å². The van der Waals surface area contributed by atoms with Gasteiger partial charge in [-0.1, -0.05) is 20.8 Å². The molecule has 2 nitrogen and oxygen atoms in total. The summed E-state index contributed by atoms with van der Waals surface area (Å²) in [6.07, 6.45) is 0. The Kier molecular flexibility index (Phi) is 6.01. The Bertz CT molecular complexity index is 135. The summed E-state index contributed by atoms with van der Waals surface area (Å²) >= 11 is 1.71. The second kappa shape index (κ2) is 5.89. The lowest BCUT2D eigenvalue weighted by Gasteiger charge is -2.27. The van der Waals surface area contributed by atoms with E-state index in [1.807, 2.05) is 27.7 Å². The maximum absolute atomic E-state index is 9.89. The topological polar surface area (TPSA) is 40.5 Å². The van der Waals surface area contributed by atoms with E-state index in [-0.39, 0.29) is 12.5 Å². The molecular weight excluding hydrogens is 184 g/mol. The monoisotopic (exact) mass is 206 g/mol. The van der Waals surface area contributed by atoms with Gasteiger partial charge >= 0.3 is 0 Å². The molecule has 0 saturated heterocycles. The van der Waals surface area contributed by atoms with Crippen molar-refractivity contribution in [2.45, 2.75) is 33.3 Å². The lowest BCUT2D eigenvalue weighted by Crippen LogP contribution is -2.34. The summed E-state index contributed by atoms with van der Waals surface area (Å²) in [5, 5.41) is 18.7. The van der Waals surface area contributed by atoms with Gasteiger partial charge in [-0.05, 0) is 24.5 Å². The second-order valence-corrected chi connectivity index (χ2v) is 5.35. The van der Waals surface area contributed by atoms with Crippen molar-refractivity contribution in [3.8, 4) is 0 Å². The van der Waals surface area contributed by atoms with Crippen LogP contribution in [0.3, 0.4) is 0 Å². The molecule has 0 spiro atoms. The molecule has 0 rings (SSSR count). The highest BCUT2D eigenvalue weighted by Gasteiger charge is 2.24. The second-order valence-electron chi connectivity index (χ2n) is 4.31. The van der Waals surface area contributed by atoms with Crippen LogP contribution >= 0.6 is 11.8 Å². The Hall–Kier alpha value is 0.270. The summed E-state index contributed by atoms with van der Waals surface area (Å²) in [6, 6.07) is 0. The molecule has 80 valence electrons. The van der Waals surface area contributed by atoms with E-state index in [1.165, 1.54) is 0 Å². The van der Waals surface area contributed by atoms with Gasteiger partial charge in [0.25, 0.3) is 0 Å². The first-order valence-corrected chi connectivity index (χ1v) is 5.96. The van der Waals surface area contributed by atoms with Crippen molar-refractivity contribution < 1.29 is 10.2 Å². The predicted octanol–water partition coefficient (Wildman–Crippen LogP) is 1.75. The zero-order chi connectivity index (χ0) is 10.5. The van der Waals surface area contributed by atoms with Gasteiger partial charge in [0.2, 0.25) is 0 Å². The number of thioether (sulfide) groups is 1. The number of aliphatic hydroxyl groups excluding tert-OH is 1. The van der Waals surface area contributed by atoms with Gasteiger partial charge in [-0.25, -0.2) is 0 Å². The summed E-state index contributed by atoms with van der Waals surface area (Å²) in [7, 11) is 0. The van der Waals surface area contributed by atoms with Gasteiger partial charge in [-0.15, -0.1) is 0 Å². The van der Waals surface area contributed by atoms with Crippen LogP contribution in [0.5, 0.6) is 0 Å². The van der Waals surface area contributed by atoms with Crippen molar-refractivity contribution in [2.75, 3.05) is 18.1 Å². The van der Waals surface area contributed by atoms with Crippen molar-refractivity contribution in [1.29, 1.82) is 0 Å². The third kappa shape index (κ3) is 5.55. The molecule has 0 aliphatic heterocycles. The molecule has 0 aliphatic rings. The molecule has 0 heterocycles. The van der Waals surface area contributed by atoms with Crippen LogP contribution in [-0.4, -0.2) is 33.9 Å². The van der Waals surface area contributed by atoms with E-state index in [4.69, 9.17) is 5.11 Å². The Morgan fingerprint density at radius 1 is 1.31 bits per heavy atom. The summed E-state index contributed by atoms with van der Waals surface area (Å²) in [6.45, 7) is 8.16. The standard InChI is InChI=1S/C10H22O2S/c1-8(2)10(4,12)7-13-6-9(3)5-11/h8-9,11-12H,5-7H2,1-4H3. The van der Waals surface area contributed by atoms with Crippen LogP contribution in [0.4, 0.5) is 0 Å². The molecule has 0 aromatic heterocycles. The Morgan fingerprint density at radius 2 is 1.85 bits per heavy atom. The summed E-state index contributed by atoms with van der Waals surface area (Å²) in [5.74, 6) is 2.27. The molecule has 0 fully saturated rings. The molecule has 0 radical (unpaired) electrons. The first-order valence-electron chi connectivity index (χ1n) is 4.81. The molecule has 3 heteroatoms. The lowest BCUT2D eigenvalue weighted by molar-refractivity contribution is 0.0376. The van der Waals surface area contributed by atoms with E-state index in [0.29, 0.717) is 5.92 Å². The van der Waals surface area contributed by atoms with E-state index in [0.717, 1.165) is 11.5 Å². The molecule has 0 amide bonds. The maximum Gasteiger partial charge on any atom is 0.0732 e. The summed E-state index contributed by atoms with van der Waals surface area (Å²) in [5.41, 5.74) is -0.583. The average Bonchev–Trinajstić information content (AvgIpc) is 2.03. The van der Waals surface area contributed by atoms with Gasteiger partial charge in [0, 0.05) is 12.4 Å². The molecule has 0 aromatic carbocycles. The van der Waals surface area contributed by atoms with Gasteiger partial charge in [0.05, 0.1) is 5.60 Å². The summed E-state index contributed by atoms with van der Waals surface area (Å²) in [4.78, 5) is 0. The molecule has 0 aromatic rings. The minimum absolute atomic E-state index is 0.233. The molecule has 0 bridgehead atoms. The lowest BCUT2D eigenvalue weighted by atomic mass is 9.95. The number of hydrogen-bond donors (Lipinski definition) is 2. The molecule has 0 aliphatic carbocycles. The van der Waals surface area contributed by atoms with Gasteiger partial charge in [0.1, 0.15) is 0 Å². The van der Waals surface area contributed by atoms with Gasteiger partial charge in [0.15, 0.2) is 0 Å². The smallest absolute Gasteiger partial charge is 0.0732 e. The van der Waals surface area contributed by atoms with E-state index >= 15 is 0 Å². The highest BCUT2D eigenvalue weighted by molar-refractivity contribution is 7.99. The highest BCUT2D eigenvalue weighted by atomic mass is 32.2. The average molecular weight is 206 g/mol. The van der Waals surface area contributed by atoms with Crippen LogP contribution in [0.2, 0.25) is 0 Å². The van der Waals surface area contributed by atoms with Crippen LogP contribution in [-0.2, 0) is 0 Å². The Balaban J connectivity index is 3.63. The van der Waals surface area contributed by atoms with Crippen molar-refractivity contribution in [3.63, 3.8) is 0 Å². The predicted molar refractivity (Wildman–Crippen MR) is 59.0 cm³/mol.